The van der Waals surface area contributed by atoms with Gasteiger partial charge in [0.25, 0.3) is 11.5 Å². The van der Waals surface area contributed by atoms with Gasteiger partial charge in [0.1, 0.15) is 0 Å². The third kappa shape index (κ3) is 5.02. The summed E-state index contributed by atoms with van der Waals surface area (Å²) in [4.78, 5) is 41.2. The number of carbonyl (C=O) groups is 2. The van der Waals surface area contributed by atoms with E-state index in [1.165, 1.54) is 4.90 Å². The molecule has 4 aromatic rings. The topological polar surface area (TPSA) is 103 Å². The monoisotopic (exact) mass is 493 g/mol. The van der Waals surface area contributed by atoms with Crippen molar-refractivity contribution in [1.82, 2.24) is 10.3 Å². The number of carboxylic acid groups (broad SMARTS) is 1. The molecule has 1 aliphatic heterocycles. The van der Waals surface area contributed by atoms with Crippen molar-refractivity contribution < 1.29 is 14.7 Å². The number of rotatable bonds is 7. The molecule has 186 valence electrons. The van der Waals surface area contributed by atoms with Gasteiger partial charge in [-0.1, -0.05) is 66.7 Å². The Morgan fingerprint density at radius 3 is 2.24 bits per heavy atom. The minimum absolute atomic E-state index is 0.0447. The maximum Gasteiger partial charge on any atom is 0.411 e. The minimum Gasteiger partial charge on any atom is -0.465 e. The fourth-order valence-corrected chi connectivity index (χ4v) is 5.02. The maximum absolute atomic E-state index is 12.9. The van der Waals surface area contributed by atoms with Gasteiger partial charge in [-0.25, -0.2) is 4.79 Å². The lowest BCUT2D eigenvalue weighted by Gasteiger charge is -2.19. The molecule has 1 aromatic heterocycles. The van der Waals surface area contributed by atoms with Crippen molar-refractivity contribution in [2.24, 2.45) is 0 Å². The number of aromatic nitrogens is 1. The molecule has 5 rings (SSSR count). The number of aromatic amines is 1. The van der Waals surface area contributed by atoms with Crippen LogP contribution in [0, 0.1) is 0 Å². The number of H-pyrrole nitrogens is 1. The summed E-state index contributed by atoms with van der Waals surface area (Å²) in [6, 6.07) is 27.3. The molecule has 0 atom stereocenters. The smallest absolute Gasteiger partial charge is 0.411 e. The van der Waals surface area contributed by atoms with Crippen molar-refractivity contribution in [2.75, 3.05) is 18.0 Å². The molecular formula is C30H27N3O4. The van der Waals surface area contributed by atoms with Crippen LogP contribution in [-0.4, -0.2) is 35.2 Å². The third-order valence-electron chi connectivity index (χ3n) is 6.78. The lowest BCUT2D eigenvalue weighted by Crippen LogP contribution is -2.28. The van der Waals surface area contributed by atoms with Crippen LogP contribution in [0.4, 0.5) is 10.5 Å². The molecule has 7 heteroatoms. The van der Waals surface area contributed by atoms with Crippen LogP contribution < -0.4 is 15.8 Å². The summed E-state index contributed by atoms with van der Waals surface area (Å²) in [5.41, 5.74) is 5.36. The van der Waals surface area contributed by atoms with Gasteiger partial charge < -0.3 is 15.4 Å². The van der Waals surface area contributed by atoms with Crippen molar-refractivity contribution in [1.29, 1.82) is 0 Å². The van der Waals surface area contributed by atoms with Crippen molar-refractivity contribution in [3.63, 3.8) is 0 Å². The number of amides is 2. The zero-order valence-corrected chi connectivity index (χ0v) is 20.2. The first-order chi connectivity index (χ1) is 18.0. The molecular weight excluding hydrogens is 466 g/mol. The predicted octanol–water partition coefficient (Wildman–Crippen LogP) is 4.57. The Morgan fingerprint density at radius 1 is 0.919 bits per heavy atom. The molecule has 37 heavy (non-hydrogen) atoms. The fraction of sp³-hybridized carbons (Fsp3) is 0.167. The molecule has 2 amide bonds. The van der Waals surface area contributed by atoms with Crippen LogP contribution >= 0.6 is 0 Å². The molecule has 3 aromatic carbocycles. The van der Waals surface area contributed by atoms with Crippen LogP contribution in [0.5, 0.6) is 0 Å². The third-order valence-corrected chi connectivity index (χ3v) is 6.78. The van der Waals surface area contributed by atoms with E-state index in [0.29, 0.717) is 36.2 Å². The molecule has 7 nitrogen and oxygen atoms in total. The van der Waals surface area contributed by atoms with Crippen molar-refractivity contribution in [3.05, 3.63) is 135 Å². The van der Waals surface area contributed by atoms with Crippen LogP contribution in [0.3, 0.4) is 0 Å². The molecule has 0 unspecified atom stereocenters. The SMILES string of the molecule is O=C(NCCc1cc(C(c2ccccc2)c2ccccc2)c[nH]c1=O)c1cccc2c1CCN2C(=O)O. The van der Waals surface area contributed by atoms with Crippen LogP contribution in [-0.2, 0) is 12.8 Å². The lowest BCUT2D eigenvalue weighted by molar-refractivity contribution is 0.0953. The Hall–Kier alpha value is -4.65. The Balaban J connectivity index is 1.34. The van der Waals surface area contributed by atoms with Crippen LogP contribution in [0.2, 0.25) is 0 Å². The summed E-state index contributed by atoms with van der Waals surface area (Å²) in [7, 11) is 0. The normalized spacial score (nSPS) is 12.4. The first-order valence-electron chi connectivity index (χ1n) is 12.2. The first-order valence-corrected chi connectivity index (χ1v) is 12.2. The molecule has 3 N–H and O–H groups in total. The Kier molecular flexibility index (Phi) is 6.85. The van der Waals surface area contributed by atoms with Crippen molar-refractivity contribution >= 4 is 17.7 Å². The predicted molar refractivity (Wildman–Crippen MR) is 142 cm³/mol. The van der Waals surface area contributed by atoms with E-state index in [2.05, 4.69) is 34.6 Å². The Bertz CT molecular complexity index is 1440. The highest BCUT2D eigenvalue weighted by molar-refractivity contribution is 6.00. The van der Waals surface area contributed by atoms with E-state index in [1.54, 1.807) is 24.4 Å². The number of nitrogens with one attached hydrogen (secondary N) is 2. The van der Waals surface area contributed by atoms with E-state index in [9.17, 15) is 19.5 Å². The first kappa shape index (κ1) is 24.1. The highest BCUT2D eigenvalue weighted by Gasteiger charge is 2.27. The lowest BCUT2D eigenvalue weighted by atomic mass is 9.85. The van der Waals surface area contributed by atoms with E-state index in [0.717, 1.165) is 22.3 Å². The van der Waals surface area contributed by atoms with E-state index in [1.807, 2.05) is 42.5 Å². The standard InChI is InChI=1S/C30H27N3O4/c34-28-22(14-16-31-29(35)25-12-7-13-26-24(25)15-17-33(26)30(36)37)18-23(19-32-28)27(20-8-3-1-4-9-20)21-10-5-2-6-11-21/h1-13,18-19,27H,14-17H2,(H,31,35)(H,32,34)(H,36,37). The zero-order valence-electron chi connectivity index (χ0n) is 20.2. The molecule has 2 heterocycles. The summed E-state index contributed by atoms with van der Waals surface area (Å²) in [6.07, 6.45) is 1.59. The number of nitrogens with zero attached hydrogens (tertiary/aromatic N) is 1. The van der Waals surface area contributed by atoms with Crippen LogP contribution in [0.1, 0.15) is 44.1 Å². The number of benzene rings is 3. The van der Waals surface area contributed by atoms with Gasteiger partial charge in [-0.15, -0.1) is 0 Å². The van der Waals surface area contributed by atoms with E-state index in [-0.39, 0.29) is 23.9 Å². The highest BCUT2D eigenvalue weighted by atomic mass is 16.4. The van der Waals surface area contributed by atoms with Crippen LogP contribution in [0.15, 0.2) is 95.9 Å². The molecule has 0 saturated carbocycles. The molecule has 0 radical (unpaired) electrons. The van der Waals surface area contributed by atoms with Crippen molar-refractivity contribution in [2.45, 2.75) is 18.8 Å². The number of fused-ring (bicyclic) bond motifs is 1. The minimum atomic E-state index is -1.03. The summed E-state index contributed by atoms with van der Waals surface area (Å²) in [6.45, 7) is 0.611. The molecule has 0 aliphatic carbocycles. The number of hydrogen-bond donors (Lipinski definition) is 3. The second-order valence-corrected chi connectivity index (χ2v) is 9.04. The van der Waals surface area contributed by atoms with E-state index >= 15 is 0 Å². The maximum atomic E-state index is 12.9. The second-order valence-electron chi connectivity index (χ2n) is 9.04. The largest absolute Gasteiger partial charge is 0.465 e. The van der Waals surface area contributed by atoms with Gasteiger partial charge >= 0.3 is 6.09 Å². The van der Waals surface area contributed by atoms with Gasteiger partial charge in [0.2, 0.25) is 0 Å². The van der Waals surface area contributed by atoms with Gasteiger partial charge in [0, 0.05) is 36.3 Å². The molecule has 1 aliphatic rings. The van der Waals surface area contributed by atoms with E-state index < -0.39 is 6.09 Å². The van der Waals surface area contributed by atoms with Gasteiger partial charge in [-0.2, -0.15) is 0 Å². The van der Waals surface area contributed by atoms with Gasteiger partial charge in [0.15, 0.2) is 0 Å². The summed E-state index contributed by atoms with van der Waals surface area (Å²) in [5, 5.41) is 12.3. The van der Waals surface area contributed by atoms with Gasteiger partial charge in [0.05, 0.1) is 5.69 Å². The molecule has 0 fully saturated rings. The summed E-state index contributed by atoms with van der Waals surface area (Å²) in [5.74, 6) is -0.320. The summed E-state index contributed by atoms with van der Waals surface area (Å²) < 4.78 is 0. The van der Waals surface area contributed by atoms with Gasteiger partial charge in [-0.3, -0.25) is 14.5 Å². The van der Waals surface area contributed by atoms with Gasteiger partial charge in [-0.05, 0) is 53.3 Å². The number of anilines is 1. The Morgan fingerprint density at radius 2 is 1.59 bits per heavy atom. The average Bonchev–Trinajstić information content (AvgIpc) is 3.36. The highest BCUT2D eigenvalue weighted by Crippen LogP contribution is 2.32. The summed E-state index contributed by atoms with van der Waals surface area (Å²) >= 11 is 0. The van der Waals surface area contributed by atoms with E-state index in [4.69, 9.17) is 0 Å². The Labute approximate surface area is 214 Å². The number of hydrogen-bond acceptors (Lipinski definition) is 3. The second kappa shape index (κ2) is 10.5. The fourth-order valence-electron chi connectivity index (χ4n) is 5.02. The average molecular weight is 494 g/mol. The van der Waals surface area contributed by atoms with Crippen molar-refractivity contribution in [3.8, 4) is 0 Å². The van der Waals surface area contributed by atoms with Crippen LogP contribution in [0.25, 0.3) is 0 Å². The molecule has 0 spiro atoms. The zero-order chi connectivity index (χ0) is 25.8. The number of pyridine rings is 1. The molecule has 0 bridgehead atoms. The number of carbonyl (C=O) groups excluding carboxylic acids is 1. The molecule has 0 saturated heterocycles. The quantitative estimate of drug-likeness (QED) is 0.351.